The normalized spacial score (nSPS) is 24.6. The van der Waals surface area contributed by atoms with Gasteiger partial charge in [0.25, 0.3) is 0 Å². The fourth-order valence-corrected chi connectivity index (χ4v) is 3.42. The summed E-state index contributed by atoms with van der Waals surface area (Å²) in [4.78, 5) is 0. The van der Waals surface area contributed by atoms with Crippen LogP contribution < -0.4 is 10.1 Å². The van der Waals surface area contributed by atoms with Crippen molar-refractivity contribution >= 4 is 0 Å². The molecule has 0 aromatic heterocycles. The molecule has 20 heavy (non-hydrogen) atoms. The van der Waals surface area contributed by atoms with Crippen LogP contribution >= 0.6 is 0 Å². The summed E-state index contributed by atoms with van der Waals surface area (Å²) < 4.78 is 5.46. The molecule has 0 heterocycles. The molecule has 1 atom stereocenters. The van der Waals surface area contributed by atoms with E-state index in [1.165, 1.54) is 31.2 Å². The molecular weight excluding hydrogens is 246 g/mol. The lowest BCUT2D eigenvalue weighted by Crippen LogP contribution is -2.35. The fourth-order valence-electron chi connectivity index (χ4n) is 3.42. The molecule has 1 saturated carbocycles. The van der Waals surface area contributed by atoms with Crippen molar-refractivity contribution in [3.8, 4) is 5.75 Å². The molecule has 112 valence electrons. The van der Waals surface area contributed by atoms with E-state index in [4.69, 9.17) is 4.74 Å². The summed E-state index contributed by atoms with van der Waals surface area (Å²) in [5.74, 6) is 2.75. The summed E-state index contributed by atoms with van der Waals surface area (Å²) in [6.45, 7) is 6.96. The highest BCUT2D eigenvalue weighted by atomic mass is 16.5. The fraction of sp³-hybridized carbons (Fsp3) is 0.667. The maximum Gasteiger partial charge on any atom is 0.123 e. The van der Waals surface area contributed by atoms with E-state index < -0.39 is 0 Å². The third-order valence-electron chi connectivity index (χ3n) is 4.81. The first-order valence-corrected chi connectivity index (χ1v) is 8.00. The van der Waals surface area contributed by atoms with Crippen molar-refractivity contribution in [3.05, 3.63) is 29.8 Å². The van der Waals surface area contributed by atoms with Crippen LogP contribution in [0.4, 0.5) is 0 Å². The van der Waals surface area contributed by atoms with Crippen LogP contribution in [0.25, 0.3) is 0 Å². The molecular formula is C18H29NO. The van der Waals surface area contributed by atoms with Crippen LogP contribution in [0, 0.1) is 11.8 Å². The summed E-state index contributed by atoms with van der Waals surface area (Å²) in [6.07, 6.45) is 5.35. The molecule has 1 fully saturated rings. The quantitative estimate of drug-likeness (QED) is 0.850. The summed E-state index contributed by atoms with van der Waals surface area (Å²) in [6, 6.07) is 9.34. The molecule has 0 radical (unpaired) electrons. The van der Waals surface area contributed by atoms with E-state index >= 15 is 0 Å². The van der Waals surface area contributed by atoms with E-state index in [9.17, 15) is 0 Å². The minimum absolute atomic E-state index is 0.353. The molecule has 1 aromatic rings. The van der Waals surface area contributed by atoms with Crippen LogP contribution in [0.1, 0.15) is 58.1 Å². The van der Waals surface area contributed by atoms with E-state index in [1.54, 1.807) is 7.11 Å². The number of nitrogens with one attached hydrogen (secondary N) is 1. The molecule has 2 rings (SSSR count). The number of rotatable bonds is 5. The second-order valence-electron chi connectivity index (χ2n) is 6.49. The third-order valence-corrected chi connectivity index (χ3v) is 4.81. The van der Waals surface area contributed by atoms with Crippen molar-refractivity contribution in [3.63, 3.8) is 0 Å². The minimum Gasteiger partial charge on any atom is -0.496 e. The van der Waals surface area contributed by atoms with Crippen molar-refractivity contribution in [2.45, 2.75) is 58.5 Å². The topological polar surface area (TPSA) is 21.3 Å². The van der Waals surface area contributed by atoms with Crippen LogP contribution in [0.3, 0.4) is 0 Å². The number of hydrogen-bond donors (Lipinski definition) is 1. The Bertz CT molecular complexity index is 408. The van der Waals surface area contributed by atoms with E-state index in [-0.39, 0.29) is 0 Å². The first-order chi connectivity index (χ1) is 9.61. The summed E-state index contributed by atoms with van der Waals surface area (Å²) >= 11 is 0. The molecule has 0 spiro atoms. The van der Waals surface area contributed by atoms with Crippen LogP contribution in [0.5, 0.6) is 5.75 Å². The van der Waals surface area contributed by atoms with Gasteiger partial charge < -0.3 is 10.1 Å². The predicted octanol–water partition coefficient (Wildman–Crippen LogP) is 4.56. The van der Waals surface area contributed by atoms with Gasteiger partial charge in [-0.2, -0.15) is 0 Å². The van der Waals surface area contributed by atoms with Crippen molar-refractivity contribution in [1.82, 2.24) is 5.32 Å². The zero-order chi connectivity index (χ0) is 14.5. The summed E-state index contributed by atoms with van der Waals surface area (Å²) in [5, 5.41) is 3.79. The van der Waals surface area contributed by atoms with Crippen molar-refractivity contribution < 1.29 is 4.74 Å². The average molecular weight is 275 g/mol. The van der Waals surface area contributed by atoms with E-state index in [2.05, 4.69) is 38.2 Å². The van der Waals surface area contributed by atoms with Gasteiger partial charge in [-0.25, -0.2) is 0 Å². The number of methoxy groups -OCH3 is 1. The van der Waals surface area contributed by atoms with Crippen LogP contribution in [-0.4, -0.2) is 13.2 Å². The number of hydrogen-bond acceptors (Lipinski definition) is 2. The van der Waals surface area contributed by atoms with Gasteiger partial charge in [0.2, 0.25) is 0 Å². The van der Waals surface area contributed by atoms with E-state index in [0.717, 1.165) is 17.6 Å². The first kappa shape index (κ1) is 15.4. The van der Waals surface area contributed by atoms with Crippen molar-refractivity contribution in [2.24, 2.45) is 11.8 Å². The van der Waals surface area contributed by atoms with Crippen LogP contribution in [0.2, 0.25) is 0 Å². The third kappa shape index (κ3) is 3.76. The molecule has 0 saturated heterocycles. The first-order valence-electron chi connectivity index (χ1n) is 8.00. The van der Waals surface area contributed by atoms with Gasteiger partial charge in [-0.05, 0) is 50.5 Å². The molecule has 2 heteroatoms. The van der Waals surface area contributed by atoms with Crippen molar-refractivity contribution in [2.75, 3.05) is 7.11 Å². The monoisotopic (exact) mass is 275 g/mol. The Hall–Kier alpha value is -1.02. The molecule has 0 aliphatic heterocycles. The van der Waals surface area contributed by atoms with Crippen LogP contribution in [0.15, 0.2) is 24.3 Å². The lowest BCUT2D eigenvalue weighted by molar-refractivity contribution is 0.230. The predicted molar refractivity (Wildman–Crippen MR) is 85.1 cm³/mol. The van der Waals surface area contributed by atoms with Gasteiger partial charge in [-0.15, -0.1) is 0 Å². The van der Waals surface area contributed by atoms with E-state index in [0.29, 0.717) is 12.1 Å². The van der Waals surface area contributed by atoms with Gasteiger partial charge in [0.1, 0.15) is 5.75 Å². The Morgan fingerprint density at radius 2 is 1.70 bits per heavy atom. The molecule has 0 amide bonds. The second-order valence-corrected chi connectivity index (χ2v) is 6.49. The molecule has 1 aromatic carbocycles. The SMILES string of the molecule is COc1ccccc1[C@H](C)NC1CCC(C(C)C)CC1. The zero-order valence-corrected chi connectivity index (χ0v) is 13.4. The Balaban J connectivity index is 1.91. The Labute approximate surface area is 123 Å². The van der Waals surface area contributed by atoms with E-state index in [1.807, 2.05) is 12.1 Å². The molecule has 1 aliphatic carbocycles. The molecule has 1 N–H and O–H groups in total. The molecule has 0 unspecified atom stereocenters. The zero-order valence-electron chi connectivity index (χ0n) is 13.4. The number of para-hydroxylation sites is 1. The van der Waals surface area contributed by atoms with Crippen molar-refractivity contribution in [1.29, 1.82) is 0 Å². The minimum atomic E-state index is 0.353. The summed E-state index contributed by atoms with van der Waals surface area (Å²) in [7, 11) is 1.75. The lowest BCUT2D eigenvalue weighted by atomic mass is 9.79. The largest absolute Gasteiger partial charge is 0.496 e. The highest BCUT2D eigenvalue weighted by Crippen LogP contribution is 2.32. The van der Waals surface area contributed by atoms with Gasteiger partial charge in [-0.3, -0.25) is 0 Å². The molecule has 2 nitrogen and oxygen atoms in total. The van der Waals surface area contributed by atoms with Gasteiger partial charge >= 0.3 is 0 Å². The van der Waals surface area contributed by atoms with Gasteiger partial charge in [-0.1, -0.05) is 32.0 Å². The molecule has 1 aliphatic rings. The Morgan fingerprint density at radius 3 is 2.30 bits per heavy atom. The molecule has 0 bridgehead atoms. The second kappa shape index (κ2) is 7.12. The van der Waals surface area contributed by atoms with Gasteiger partial charge in [0, 0.05) is 17.6 Å². The number of benzene rings is 1. The Kier molecular flexibility index (Phi) is 5.47. The van der Waals surface area contributed by atoms with Gasteiger partial charge in [0.05, 0.1) is 7.11 Å². The maximum absolute atomic E-state index is 5.46. The summed E-state index contributed by atoms with van der Waals surface area (Å²) in [5.41, 5.74) is 1.26. The standard InChI is InChI=1S/C18H29NO/c1-13(2)15-9-11-16(12-10-15)19-14(3)17-7-5-6-8-18(17)20-4/h5-8,13-16,19H,9-12H2,1-4H3/t14-,15?,16?/m0/s1. The maximum atomic E-state index is 5.46. The average Bonchev–Trinajstić information content (AvgIpc) is 2.47. The Morgan fingerprint density at radius 1 is 1.05 bits per heavy atom. The number of ether oxygens (including phenoxy) is 1. The smallest absolute Gasteiger partial charge is 0.123 e. The van der Waals surface area contributed by atoms with Gasteiger partial charge in [0.15, 0.2) is 0 Å². The van der Waals surface area contributed by atoms with Crippen LogP contribution in [-0.2, 0) is 0 Å². The lowest BCUT2D eigenvalue weighted by Gasteiger charge is -2.33. The highest BCUT2D eigenvalue weighted by molar-refractivity contribution is 5.35. The highest BCUT2D eigenvalue weighted by Gasteiger charge is 2.24.